The van der Waals surface area contributed by atoms with Crippen molar-refractivity contribution in [1.29, 1.82) is 0 Å². The van der Waals surface area contributed by atoms with Crippen molar-refractivity contribution in [2.75, 3.05) is 18.6 Å². The molecule has 0 aromatic heterocycles. The normalized spacial score (nSPS) is 15.2. The zero-order valence-corrected chi connectivity index (χ0v) is 17.5. The van der Waals surface area contributed by atoms with E-state index in [4.69, 9.17) is 10.8 Å². The van der Waals surface area contributed by atoms with Crippen LogP contribution in [0.1, 0.15) is 33.6 Å². The Kier molecular flexibility index (Phi) is 12.5. The van der Waals surface area contributed by atoms with Crippen LogP contribution in [-0.4, -0.2) is 76.7 Å². The number of nitrogens with two attached hydrogens (primary N) is 1. The second-order valence-corrected chi connectivity index (χ2v) is 7.88. The van der Waals surface area contributed by atoms with Crippen molar-refractivity contribution in [3.05, 3.63) is 0 Å². The number of nitrogens with one attached hydrogen (secondary N) is 3. The van der Waals surface area contributed by atoms with E-state index in [0.717, 1.165) is 0 Å². The summed E-state index contributed by atoms with van der Waals surface area (Å²) in [6.07, 6.45) is 2.49. The summed E-state index contributed by atoms with van der Waals surface area (Å²) < 4.78 is 0. The molecule has 0 saturated heterocycles. The fourth-order valence-electron chi connectivity index (χ4n) is 2.24. The van der Waals surface area contributed by atoms with Gasteiger partial charge in [0, 0.05) is 0 Å². The molecule has 4 unspecified atom stereocenters. The summed E-state index contributed by atoms with van der Waals surface area (Å²) in [4.78, 5) is 47.7. The number of carboxylic acids is 1. The summed E-state index contributed by atoms with van der Waals surface area (Å²) in [5, 5.41) is 25.5. The van der Waals surface area contributed by atoms with Crippen molar-refractivity contribution in [3.63, 3.8) is 0 Å². The number of aliphatic carboxylic acids is 1. The number of amides is 3. The molecule has 0 aromatic carbocycles. The third-order valence-corrected chi connectivity index (χ3v) is 4.49. The highest BCUT2D eigenvalue weighted by molar-refractivity contribution is 7.98. The van der Waals surface area contributed by atoms with Gasteiger partial charge in [0.2, 0.25) is 17.7 Å². The van der Waals surface area contributed by atoms with Crippen molar-refractivity contribution in [2.45, 2.75) is 57.8 Å². The molecule has 0 fully saturated rings. The molecule has 0 aliphatic carbocycles. The fraction of sp³-hybridized carbons (Fsp3) is 0.765. The van der Waals surface area contributed by atoms with E-state index in [1.165, 1.54) is 18.7 Å². The molecular weight excluding hydrogens is 388 g/mol. The van der Waals surface area contributed by atoms with Gasteiger partial charge in [0.15, 0.2) is 0 Å². The van der Waals surface area contributed by atoms with Gasteiger partial charge in [0.1, 0.15) is 18.1 Å². The molecule has 0 aliphatic heterocycles. The quantitative estimate of drug-likeness (QED) is 0.213. The van der Waals surface area contributed by atoms with Crippen LogP contribution in [0.2, 0.25) is 0 Å². The Bertz CT molecular complexity index is 546. The molecule has 0 heterocycles. The Labute approximate surface area is 169 Å². The van der Waals surface area contributed by atoms with E-state index in [9.17, 15) is 24.3 Å². The molecule has 0 bridgehead atoms. The summed E-state index contributed by atoms with van der Waals surface area (Å²) in [6.45, 7) is 4.43. The maximum Gasteiger partial charge on any atom is 0.325 e. The van der Waals surface area contributed by atoms with E-state index in [1.54, 1.807) is 0 Å². The second kappa shape index (κ2) is 13.3. The zero-order chi connectivity index (χ0) is 21.9. The predicted octanol–water partition coefficient (Wildman–Crippen LogP) is -1.34. The molecule has 0 saturated carbocycles. The highest BCUT2D eigenvalue weighted by Crippen LogP contribution is 2.04. The van der Waals surface area contributed by atoms with Gasteiger partial charge < -0.3 is 31.9 Å². The first-order valence-corrected chi connectivity index (χ1v) is 10.4. The lowest BCUT2D eigenvalue weighted by atomic mass is 10.0. The number of aliphatic hydroxyl groups is 1. The van der Waals surface area contributed by atoms with Crippen LogP contribution in [0.25, 0.3) is 0 Å². The first kappa shape index (κ1) is 26.1. The van der Waals surface area contributed by atoms with Gasteiger partial charge in [-0.25, -0.2) is 0 Å². The number of hydrogen-bond donors (Lipinski definition) is 6. The van der Waals surface area contributed by atoms with Crippen LogP contribution in [0, 0.1) is 5.92 Å². The van der Waals surface area contributed by atoms with Crippen molar-refractivity contribution < 1.29 is 29.4 Å². The first-order chi connectivity index (χ1) is 13.0. The third kappa shape index (κ3) is 9.90. The molecule has 7 N–H and O–H groups in total. The van der Waals surface area contributed by atoms with Crippen LogP contribution in [0.5, 0.6) is 0 Å². The van der Waals surface area contributed by atoms with Gasteiger partial charge in [-0.15, -0.1) is 0 Å². The maximum atomic E-state index is 12.4. The van der Waals surface area contributed by atoms with Crippen LogP contribution in [0.3, 0.4) is 0 Å². The van der Waals surface area contributed by atoms with Crippen LogP contribution < -0.4 is 21.7 Å². The molecule has 28 heavy (non-hydrogen) atoms. The summed E-state index contributed by atoms with van der Waals surface area (Å²) >= 11 is 1.45. The Morgan fingerprint density at radius 2 is 1.50 bits per heavy atom. The molecule has 0 rings (SSSR count). The van der Waals surface area contributed by atoms with E-state index in [0.29, 0.717) is 12.2 Å². The minimum absolute atomic E-state index is 0.179. The Morgan fingerprint density at radius 1 is 0.964 bits per heavy atom. The van der Waals surface area contributed by atoms with Crippen LogP contribution in [0.4, 0.5) is 0 Å². The third-order valence-electron chi connectivity index (χ3n) is 3.85. The number of carbonyl (C=O) groups is 4. The molecule has 4 atom stereocenters. The van der Waals surface area contributed by atoms with Crippen LogP contribution in [0.15, 0.2) is 0 Å². The summed E-state index contributed by atoms with van der Waals surface area (Å²) in [5.41, 5.74) is 5.77. The Balaban J connectivity index is 5.02. The van der Waals surface area contributed by atoms with E-state index < -0.39 is 54.5 Å². The number of thioether (sulfide) groups is 1. The maximum absolute atomic E-state index is 12.4. The average Bonchev–Trinajstić information content (AvgIpc) is 2.61. The highest BCUT2D eigenvalue weighted by atomic mass is 32.2. The van der Waals surface area contributed by atoms with Gasteiger partial charge in [-0.3, -0.25) is 19.2 Å². The van der Waals surface area contributed by atoms with Gasteiger partial charge >= 0.3 is 5.97 Å². The van der Waals surface area contributed by atoms with Gasteiger partial charge in [-0.2, -0.15) is 11.8 Å². The summed E-state index contributed by atoms with van der Waals surface area (Å²) in [7, 11) is 0. The second-order valence-electron chi connectivity index (χ2n) is 6.89. The monoisotopic (exact) mass is 420 g/mol. The number of hydrogen-bond acceptors (Lipinski definition) is 7. The van der Waals surface area contributed by atoms with Crippen molar-refractivity contribution in [1.82, 2.24) is 16.0 Å². The average molecular weight is 421 g/mol. The lowest BCUT2D eigenvalue weighted by Gasteiger charge is -2.24. The molecular formula is C17H32N4O6S. The summed E-state index contributed by atoms with van der Waals surface area (Å²) in [5.74, 6) is -2.48. The molecule has 0 spiro atoms. The molecule has 3 amide bonds. The molecule has 10 nitrogen and oxygen atoms in total. The Hall–Kier alpha value is -1.85. The van der Waals surface area contributed by atoms with Crippen molar-refractivity contribution in [3.8, 4) is 0 Å². The lowest BCUT2D eigenvalue weighted by molar-refractivity contribution is -0.141. The van der Waals surface area contributed by atoms with Gasteiger partial charge in [0.25, 0.3) is 0 Å². The van der Waals surface area contributed by atoms with Gasteiger partial charge in [0.05, 0.1) is 12.6 Å². The number of carboxylic acid groups (broad SMARTS) is 1. The van der Waals surface area contributed by atoms with Gasteiger partial charge in [-0.05, 0) is 37.7 Å². The lowest BCUT2D eigenvalue weighted by Crippen LogP contribution is -2.58. The smallest absolute Gasteiger partial charge is 0.325 e. The highest BCUT2D eigenvalue weighted by Gasteiger charge is 2.28. The number of carbonyl (C=O) groups excluding carboxylic acids is 3. The summed E-state index contributed by atoms with van der Waals surface area (Å²) in [6, 6.07) is -4.22. The number of rotatable bonds is 13. The van der Waals surface area contributed by atoms with E-state index in [1.807, 2.05) is 20.1 Å². The molecule has 0 aromatic rings. The molecule has 0 radical (unpaired) electrons. The van der Waals surface area contributed by atoms with Crippen molar-refractivity contribution in [2.24, 2.45) is 11.7 Å². The van der Waals surface area contributed by atoms with E-state index in [-0.39, 0.29) is 12.3 Å². The molecule has 11 heteroatoms. The minimum atomic E-state index is -1.27. The van der Waals surface area contributed by atoms with E-state index >= 15 is 0 Å². The van der Waals surface area contributed by atoms with Crippen molar-refractivity contribution >= 4 is 35.5 Å². The van der Waals surface area contributed by atoms with Crippen LogP contribution in [-0.2, 0) is 19.2 Å². The number of aliphatic hydroxyl groups excluding tert-OH is 1. The minimum Gasteiger partial charge on any atom is -0.480 e. The molecule has 0 aliphatic rings. The topological polar surface area (TPSA) is 171 Å². The molecule has 162 valence electrons. The predicted molar refractivity (Wildman–Crippen MR) is 107 cm³/mol. The SMILES string of the molecule is CSCCC(NC(=O)C(CO)NC(=O)C(N)CC(C)C)C(=O)NC(C)C(=O)O. The zero-order valence-electron chi connectivity index (χ0n) is 16.7. The fourth-order valence-corrected chi connectivity index (χ4v) is 2.71. The van der Waals surface area contributed by atoms with E-state index in [2.05, 4.69) is 16.0 Å². The Morgan fingerprint density at radius 3 is 1.96 bits per heavy atom. The van der Waals surface area contributed by atoms with Gasteiger partial charge in [-0.1, -0.05) is 13.8 Å². The van der Waals surface area contributed by atoms with Crippen LogP contribution >= 0.6 is 11.8 Å². The largest absolute Gasteiger partial charge is 0.480 e. The first-order valence-electron chi connectivity index (χ1n) is 9.02. The standard InChI is InChI=1S/C17H32N4O6S/c1-9(2)7-11(18)14(23)21-13(8-22)16(25)20-12(5-6-28-4)15(24)19-10(3)17(26)27/h9-13,22H,5-8,18H2,1-4H3,(H,19,24)(H,20,25)(H,21,23)(H,26,27).